The first-order valence-corrected chi connectivity index (χ1v) is 8.24. The van der Waals surface area contributed by atoms with Gasteiger partial charge in [0.25, 0.3) is 0 Å². The van der Waals surface area contributed by atoms with Gasteiger partial charge in [-0.3, -0.25) is 0 Å². The number of hydrogen-bond donors (Lipinski definition) is 0. The minimum Gasteiger partial charge on any atom is -0.591 e. The van der Waals surface area contributed by atoms with Gasteiger partial charge in [-0.2, -0.15) is 8.78 Å². The zero-order chi connectivity index (χ0) is 17.8. The van der Waals surface area contributed by atoms with Crippen molar-refractivity contribution in [2.75, 3.05) is 6.61 Å². The summed E-state index contributed by atoms with van der Waals surface area (Å²) in [7, 11) is 0. The van der Waals surface area contributed by atoms with Gasteiger partial charge in [0.15, 0.2) is 0 Å². The van der Waals surface area contributed by atoms with Gasteiger partial charge in [-0.05, 0) is 40.7 Å². The normalized spacial score (nSPS) is 14.5. The Morgan fingerprint density at radius 3 is 2.48 bits per heavy atom. The molecular formula is C16H21F2NO3S. The lowest BCUT2D eigenvalue weighted by Gasteiger charge is -2.19. The van der Waals surface area contributed by atoms with Crippen LogP contribution in [-0.2, 0) is 26.8 Å². The predicted molar refractivity (Wildman–Crippen MR) is 87.1 cm³/mol. The maximum atomic E-state index is 14.1. The molecule has 0 aliphatic carbocycles. The molecule has 0 aliphatic heterocycles. The molecule has 128 valence electrons. The van der Waals surface area contributed by atoms with Crippen molar-refractivity contribution in [1.29, 1.82) is 0 Å². The lowest BCUT2D eigenvalue weighted by molar-refractivity contribution is -0.173. The number of halogens is 2. The first-order chi connectivity index (χ1) is 10.5. The molecule has 0 aromatic heterocycles. The molecule has 1 atom stereocenters. The van der Waals surface area contributed by atoms with Crippen LogP contribution in [0.25, 0.3) is 0 Å². The van der Waals surface area contributed by atoms with Gasteiger partial charge in [-0.25, -0.2) is 4.79 Å². The van der Waals surface area contributed by atoms with Crippen molar-refractivity contribution in [3.63, 3.8) is 0 Å². The molecule has 0 unspecified atom stereocenters. The third-order valence-electron chi connectivity index (χ3n) is 2.92. The highest BCUT2D eigenvalue weighted by atomic mass is 32.2. The number of hydrogen-bond acceptors (Lipinski definition) is 4. The fourth-order valence-electron chi connectivity index (χ4n) is 1.59. The van der Waals surface area contributed by atoms with E-state index in [1.807, 2.05) is 0 Å². The summed E-state index contributed by atoms with van der Waals surface area (Å²) in [6.45, 7) is 8.23. The zero-order valence-electron chi connectivity index (χ0n) is 13.9. The van der Waals surface area contributed by atoms with Crippen LogP contribution in [0.15, 0.2) is 28.7 Å². The summed E-state index contributed by atoms with van der Waals surface area (Å²) in [5.74, 6) is -5.33. The molecule has 0 bridgehead atoms. The molecular weight excluding hydrogens is 324 g/mol. The van der Waals surface area contributed by atoms with E-state index in [9.17, 15) is 18.1 Å². The summed E-state index contributed by atoms with van der Waals surface area (Å²) in [5, 5.41) is 0. The highest BCUT2D eigenvalue weighted by molar-refractivity contribution is 7.91. The van der Waals surface area contributed by atoms with E-state index in [1.54, 1.807) is 33.8 Å². The van der Waals surface area contributed by atoms with Gasteiger partial charge in [0.05, 0.1) is 12.3 Å². The number of esters is 1. The smallest absolute Gasteiger partial charge is 0.381 e. The number of carbonyl (C=O) groups is 1. The van der Waals surface area contributed by atoms with Gasteiger partial charge in [-0.1, -0.05) is 22.6 Å². The zero-order valence-corrected chi connectivity index (χ0v) is 14.7. The quantitative estimate of drug-likeness (QED) is 0.465. The van der Waals surface area contributed by atoms with E-state index >= 15 is 0 Å². The second kappa shape index (κ2) is 7.40. The first-order valence-electron chi connectivity index (χ1n) is 7.13. The fourth-order valence-corrected chi connectivity index (χ4v) is 2.22. The lowest BCUT2D eigenvalue weighted by Crippen LogP contribution is -2.28. The van der Waals surface area contributed by atoms with Crippen LogP contribution in [0.1, 0.15) is 45.7 Å². The molecule has 0 aliphatic rings. The van der Waals surface area contributed by atoms with E-state index in [0.29, 0.717) is 11.3 Å². The Morgan fingerprint density at radius 1 is 1.35 bits per heavy atom. The van der Waals surface area contributed by atoms with E-state index in [0.717, 1.165) is 12.1 Å². The van der Waals surface area contributed by atoms with Crippen molar-refractivity contribution in [2.24, 2.45) is 4.40 Å². The summed E-state index contributed by atoms with van der Waals surface area (Å²) in [5.41, 5.74) is 0.258. The van der Waals surface area contributed by atoms with Gasteiger partial charge in [-0.15, -0.1) is 0 Å². The van der Waals surface area contributed by atoms with Crippen molar-refractivity contribution in [3.05, 3.63) is 35.4 Å². The summed E-state index contributed by atoms with van der Waals surface area (Å²) >= 11 is -1.50. The Hall–Kier alpha value is -1.47. The third kappa shape index (κ3) is 5.00. The highest BCUT2D eigenvalue weighted by Gasteiger charge is 2.42. The molecule has 1 rings (SSSR count). The van der Waals surface area contributed by atoms with E-state index < -0.39 is 33.6 Å². The number of rotatable bonds is 5. The molecule has 0 amide bonds. The molecule has 0 radical (unpaired) electrons. The van der Waals surface area contributed by atoms with Gasteiger partial charge < -0.3 is 9.29 Å². The molecule has 4 nitrogen and oxygen atoms in total. The van der Waals surface area contributed by atoms with Crippen LogP contribution < -0.4 is 0 Å². The lowest BCUT2D eigenvalue weighted by atomic mass is 10.0. The van der Waals surface area contributed by atoms with Gasteiger partial charge >= 0.3 is 11.9 Å². The highest BCUT2D eigenvalue weighted by Crippen LogP contribution is 2.30. The average molecular weight is 345 g/mol. The fraction of sp³-hybridized carbons (Fsp3) is 0.500. The Balaban J connectivity index is 3.14. The molecule has 7 heteroatoms. The minimum atomic E-state index is -3.74. The molecule has 23 heavy (non-hydrogen) atoms. The van der Waals surface area contributed by atoms with Crippen molar-refractivity contribution in [3.8, 4) is 0 Å². The van der Waals surface area contributed by atoms with Crippen LogP contribution in [0.2, 0.25) is 0 Å². The van der Waals surface area contributed by atoms with E-state index in [4.69, 9.17) is 0 Å². The van der Waals surface area contributed by atoms with Gasteiger partial charge in [0.2, 0.25) is 0 Å². The second-order valence-corrected chi connectivity index (χ2v) is 7.82. The predicted octanol–water partition coefficient (Wildman–Crippen LogP) is 3.61. The second-order valence-electron chi connectivity index (χ2n) is 5.91. The SMILES string of the molecule is CCOC(=O)C(F)(F)c1cccc(/C(C)=N\[S@+]([O-])C(C)(C)C)c1. The van der Waals surface area contributed by atoms with Crippen LogP contribution in [0.5, 0.6) is 0 Å². The first kappa shape index (κ1) is 19.6. The van der Waals surface area contributed by atoms with E-state index in [2.05, 4.69) is 9.13 Å². The standard InChI is InChI=1S/C16H21F2NO3S/c1-6-22-14(20)16(17,18)13-9-7-8-12(10-13)11(2)19-23(21)15(3,4)5/h7-10H,6H2,1-5H3/b19-11-/t23-/m1/s1. The van der Waals surface area contributed by atoms with Crippen LogP contribution >= 0.6 is 0 Å². The maximum Gasteiger partial charge on any atom is 0.381 e. The summed E-state index contributed by atoms with van der Waals surface area (Å²) < 4.78 is 48.0. The number of carbonyl (C=O) groups excluding carboxylic acids is 1. The Kier molecular flexibility index (Phi) is 6.30. The van der Waals surface area contributed by atoms with E-state index in [1.165, 1.54) is 13.0 Å². The number of alkyl halides is 2. The molecule has 1 aromatic rings. The van der Waals surface area contributed by atoms with Gasteiger partial charge in [0.1, 0.15) is 16.1 Å². The van der Waals surface area contributed by atoms with Crippen molar-refractivity contribution >= 4 is 23.0 Å². The maximum absolute atomic E-state index is 14.1. The Bertz CT molecular complexity index is 597. The van der Waals surface area contributed by atoms with Crippen LogP contribution in [-0.4, -0.2) is 27.6 Å². The number of ether oxygens (including phenoxy) is 1. The average Bonchev–Trinajstić information content (AvgIpc) is 2.46. The summed E-state index contributed by atoms with van der Waals surface area (Å²) in [6.07, 6.45) is 0. The molecule has 0 saturated heterocycles. The monoisotopic (exact) mass is 345 g/mol. The minimum absolute atomic E-state index is 0.126. The largest absolute Gasteiger partial charge is 0.591 e. The molecule has 0 spiro atoms. The van der Waals surface area contributed by atoms with Crippen molar-refractivity contribution in [1.82, 2.24) is 0 Å². The van der Waals surface area contributed by atoms with E-state index in [-0.39, 0.29) is 6.61 Å². The molecule has 0 heterocycles. The Labute approximate surface area is 138 Å². The molecule has 0 N–H and O–H groups in total. The molecule has 0 saturated carbocycles. The molecule has 0 fully saturated rings. The number of benzene rings is 1. The summed E-state index contributed by atoms with van der Waals surface area (Å²) in [4.78, 5) is 11.4. The molecule has 1 aromatic carbocycles. The van der Waals surface area contributed by atoms with Gasteiger partial charge in [0, 0.05) is 11.1 Å². The Morgan fingerprint density at radius 2 is 1.96 bits per heavy atom. The van der Waals surface area contributed by atoms with Crippen molar-refractivity contribution in [2.45, 2.75) is 45.3 Å². The summed E-state index contributed by atoms with van der Waals surface area (Å²) in [6, 6.07) is 5.28. The van der Waals surface area contributed by atoms with Crippen molar-refractivity contribution < 1.29 is 22.9 Å². The third-order valence-corrected chi connectivity index (χ3v) is 4.41. The number of nitrogens with zero attached hydrogens (tertiary/aromatic N) is 1. The van der Waals surface area contributed by atoms with Crippen LogP contribution in [0.4, 0.5) is 8.78 Å². The van der Waals surface area contributed by atoms with Crippen LogP contribution in [0.3, 0.4) is 0 Å². The topological polar surface area (TPSA) is 61.7 Å². The van der Waals surface area contributed by atoms with Crippen LogP contribution in [0, 0.1) is 0 Å².